The van der Waals surface area contributed by atoms with Gasteiger partial charge in [-0.3, -0.25) is 4.98 Å². The van der Waals surface area contributed by atoms with E-state index in [2.05, 4.69) is 23.2 Å². The molecule has 0 aliphatic heterocycles. The van der Waals surface area contributed by atoms with Crippen molar-refractivity contribution in [3.63, 3.8) is 0 Å². The summed E-state index contributed by atoms with van der Waals surface area (Å²) in [7, 11) is 0. The molecule has 0 fully saturated rings. The van der Waals surface area contributed by atoms with Gasteiger partial charge in [0, 0.05) is 18.0 Å². The topological polar surface area (TPSA) is 68.0 Å². The second-order valence-electron chi connectivity index (χ2n) is 7.10. The van der Waals surface area contributed by atoms with Gasteiger partial charge in [-0.15, -0.1) is 0 Å². The van der Waals surface area contributed by atoms with E-state index in [4.69, 9.17) is 4.98 Å². The molecule has 4 rings (SSSR count). The van der Waals surface area contributed by atoms with Gasteiger partial charge in [0.05, 0.1) is 12.2 Å². The number of nitrogens with zero attached hydrogens (tertiary/aromatic N) is 3. The highest BCUT2D eigenvalue weighted by Gasteiger charge is 2.25. The lowest BCUT2D eigenvalue weighted by molar-refractivity contribution is 0.0684. The van der Waals surface area contributed by atoms with E-state index in [0.29, 0.717) is 18.1 Å². The Morgan fingerprint density at radius 2 is 1.86 bits per heavy atom. The standard InChI is InChI=1S/C23H21N3O2/c1-15(2)20-21(23(27)28)26(22(25-20)17-10-6-12-24-13-17)14-18-9-5-8-16-7-3-4-11-19(16)18/h3-13,15H,14H2,1-2H3,(H,27,28). The average molecular weight is 371 g/mol. The van der Waals surface area contributed by atoms with E-state index in [-0.39, 0.29) is 11.6 Å². The van der Waals surface area contributed by atoms with Crippen LogP contribution in [0.2, 0.25) is 0 Å². The van der Waals surface area contributed by atoms with Gasteiger partial charge in [-0.05, 0) is 34.4 Å². The van der Waals surface area contributed by atoms with Crippen LogP contribution in [0.25, 0.3) is 22.2 Å². The molecule has 2 aromatic heterocycles. The fraction of sp³-hybridized carbons (Fsp3) is 0.174. The zero-order valence-corrected chi connectivity index (χ0v) is 15.8. The Morgan fingerprint density at radius 3 is 2.57 bits per heavy atom. The molecule has 140 valence electrons. The van der Waals surface area contributed by atoms with Gasteiger partial charge in [0.2, 0.25) is 0 Å². The maximum Gasteiger partial charge on any atom is 0.354 e. The first kappa shape index (κ1) is 17.9. The Bertz CT molecular complexity index is 1140. The van der Waals surface area contributed by atoms with Crippen LogP contribution in [0.1, 0.15) is 41.5 Å². The van der Waals surface area contributed by atoms with Gasteiger partial charge >= 0.3 is 5.97 Å². The molecule has 28 heavy (non-hydrogen) atoms. The Labute approximate surface area is 163 Å². The molecule has 0 saturated heterocycles. The number of carbonyl (C=O) groups is 1. The molecule has 5 nitrogen and oxygen atoms in total. The molecule has 5 heteroatoms. The summed E-state index contributed by atoms with van der Waals surface area (Å²) in [6.45, 7) is 4.35. The number of rotatable bonds is 5. The van der Waals surface area contributed by atoms with Crippen molar-refractivity contribution in [2.24, 2.45) is 0 Å². The zero-order valence-electron chi connectivity index (χ0n) is 15.8. The molecular weight excluding hydrogens is 350 g/mol. The number of pyridine rings is 1. The quantitative estimate of drug-likeness (QED) is 0.538. The molecule has 0 atom stereocenters. The van der Waals surface area contributed by atoms with E-state index in [1.807, 2.05) is 50.2 Å². The summed E-state index contributed by atoms with van der Waals surface area (Å²) in [5.41, 5.74) is 2.68. The summed E-state index contributed by atoms with van der Waals surface area (Å²) in [4.78, 5) is 21.1. The Hall–Kier alpha value is -3.47. The van der Waals surface area contributed by atoms with Crippen molar-refractivity contribution in [2.45, 2.75) is 26.3 Å². The maximum absolute atomic E-state index is 12.2. The van der Waals surface area contributed by atoms with Crippen molar-refractivity contribution >= 4 is 16.7 Å². The first-order valence-corrected chi connectivity index (χ1v) is 9.27. The molecule has 0 unspecified atom stereocenters. The molecule has 0 radical (unpaired) electrons. The highest BCUT2D eigenvalue weighted by Crippen LogP contribution is 2.29. The third-order valence-corrected chi connectivity index (χ3v) is 4.87. The first-order chi connectivity index (χ1) is 13.6. The number of fused-ring (bicyclic) bond motifs is 1. The van der Waals surface area contributed by atoms with Crippen LogP contribution in [0.4, 0.5) is 0 Å². The molecule has 1 N–H and O–H groups in total. The second-order valence-corrected chi connectivity index (χ2v) is 7.10. The Kier molecular flexibility index (Phi) is 4.65. The highest BCUT2D eigenvalue weighted by atomic mass is 16.4. The number of carboxylic acid groups (broad SMARTS) is 1. The summed E-state index contributed by atoms with van der Waals surface area (Å²) in [5.74, 6) is -0.344. The van der Waals surface area contributed by atoms with Crippen LogP contribution in [0.15, 0.2) is 67.0 Å². The van der Waals surface area contributed by atoms with Crippen molar-refractivity contribution in [1.29, 1.82) is 0 Å². The van der Waals surface area contributed by atoms with Gasteiger partial charge in [-0.1, -0.05) is 56.3 Å². The Balaban J connectivity index is 1.95. The lowest BCUT2D eigenvalue weighted by atomic mass is 10.0. The van der Waals surface area contributed by atoms with E-state index >= 15 is 0 Å². The van der Waals surface area contributed by atoms with E-state index in [1.54, 1.807) is 17.0 Å². The van der Waals surface area contributed by atoms with Crippen molar-refractivity contribution in [3.8, 4) is 11.4 Å². The van der Waals surface area contributed by atoms with Crippen molar-refractivity contribution in [2.75, 3.05) is 0 Å². The molecule has 2 heterocycles. The van der Waals surface area contributed by atoms with E-state index in [9.17, 15) is 9.90 Å². The first-order valence-electron chi connectivity index (χ1n) is 9.27. The summed E-state index contributed by atoms with van der Waals surface area (Å²) in [6, 6.07) is 18.0. The van der Waals surface area contributed by atoms with Gasteiger partial charge in [0.25, 0.3) is 0 Å². The molecule has 0 aliphatic rings. The van der Waals surface area contributed by atoms with Crippen LogP contribution in [0, 0.1) is 0 Å². The lowest BCUT2D eigenvalue weighted by Gasteiger charge is -2.13. The minimum atomic E-state index is -0.966. The van der Waals surface area contributed by atoms with Crippen LogP contribution >= 0.6 is 0 Å². The molecule has 0 amide bonds. The summed E-state index contributed by atoms with van der Waals surface area (Å²) < 4.78 is 1.80. The third kappa shape index (κ3) is 3.16. The molecule has 0 saturated carbocycles. The monoisotopic (exact) mass is 371 g/mol. The van der Waals surface area contributed by atoms with Crippen LogP contribution in [0.3, 0.4) is 0 Å². The molecule has 2 aromatic carbocycles. The van der Waals surface area contributed by atoms with Gasteiger partial charge < -0.3 is 9.67 Å². The van der Waals surface area contributed by atoms with Crippen LogP contribution in [-0.2, 0) is 6.54 Å². The largest absolute Gasteiger partial charge is 0.477 e. The number of hydrogen-bond acceptors (Lipinski definition) is 3. The van der Waals surface area contributed by atoms with Crippen molar-refractivity contribution in [1.82, 2.24) is 14.5 Å². The predicted molar refractivity (Wildman–Crippen MR) is 110 cm³/mol. The fourth-order valence-corrected chi connectivity index (χ4v) is 3.57. The summed E-state index contributed by atoms with van der Waals surface area (Å²) >= 11 is 0. The van der Waals surface area contributed by atoms with E-state index in [0.717, 1.165) is 21.9 Å². The molecule has 0 bridgehead atoms. The summed E-state index contributed by atoms with van der Waals surface area (Å²) in [5, 5.41) is 12.2. The number of benzene rings is 2. The van der Waals surface area contributed by atoms with Crippen LogP contribution in [-0.4, -0.2) is 25.6 Å². The maximum atomic E-state index is 12.2. The normalized spacial score (nSPS) is 11.2. The number of carboxylic acids is 1. The van der Waals surface area contributed by atoms with Crippen LogP contribution in [0.5, 0.6) is 0 Å². The SMILES string of the molecule is CC(C)c1nc(-c2cccnc2)n(Cc2cccc3ccccc23)c1C(=O)O. The van der Waals surface area contributed by atoms with Gasteiger partial charge in [0.1, 0.15) is 5.82 Å². The molecule has 0 aliphatic carbocycles. The minimum absolute atomic E-state index is 0.00436. The fourth-order valence-electron chi connectivity index (χ4n) is 3.57. The van der Waals surface area contributed by atoms with Gasteiger partial charge in [-0.25, -0.2) is 9.78 Å². The van der Waals surface area contributed by atoms with Crippen molar-refractivity contribution in [3.05, 3.63) is 83.9 Å². The van der Waals surface area contributed by atoms with Crippen molar-refractivity contribution < 1.29 is 9.90 Å². The minimum Gasteiger partial charge on any atom is -0.477 e. The Morgan fingerprint density at radius 1 is 1.07 bits per heavy atom. The zero-order chi connectivity index (χ0) is 19.7. The predicted octanol–water partition coefficient (Wildman–Crippen LogP) is 4.97. The second kappa shape index (κ2) is 7.27. The van der Waals surface area contributed by atoms with E-state index in [1.165, 1.54) is 0 Å². The third-order valence-electron chi connectivity index (χ3n) is 4.87. The smallest absolute Gasteiger partial charge is 0.354 e. The molecule has 4 aromatic rings. The lowest BCUT2D eigenvalue weighted by Crippen LogP contribution is -2.13. The average Bonchev–Trinajstić information content (AvgIpc) is 3.09. The van der Waals surface area contributed by atoms with Gasteiger partial charge in [0.15, 0.2) is 5.69 Å². The molecular formula is C23H21N3O2. The highest BCUT2D eigenvalue weighted by molar-refractivity contribution is 5.89. The molecule has 0 spiro atoms. The number of aromatic nitrogens is 3. The van der Waals surface area contributed by atoms with E-state index < -0.39 is 5.97 Å². The number of hydrogen-bond donors (Lipinski definition) is 1. The number of aromatic carboxylic acids is 1. The summed E-state index contributed by atoms with van der Waals surface area (Å²) in [6.07, 6.45) is 3.42. The van der Waals surface area contributed by atoms with Gasteiger partial charge in [-0.2, -0.15) is 0 Å². The van der Waals surface area contributed by atoms with Crippen LogP contribution < -0.4 is 0 Å². The number of imidazole rings is 1.